The first-order valence-corrected chi connectivity index (χ1v) is 5.62. The Morgan fingerprint density at radius 2 is 2.00 bits per heavy atom. The molecule has 0 saturated carbocycles. The van der Waals surface area contributed by atoms with Gasteiger partial charge in [-0.05, 0) is 0 Å². The third kappa shape index (κ3) is 2.39. The summed E-state index contributed by atoms with van der Waals surface area (Å²) in [6.45, 7) is 0. The molecule has 3 N–H and O–H groups in total. The lowest BCUT2D eigenvalue weighted by Crippen LogP contribution is -2.08. The van der Waals surface area contributed by atoms with Gasteiger partial charge in [0.25, 0.3) is 0 Å². The van der Waals surface area contributed by atoms with Crippen LogP contribution in [0.3, 0.4) is 0 Å². The van der Waals surface area contributed by atoms with E-state index in [1.807, 2.05) is 0 Å². The number of fused-ring (bicyclic) bond motifs is 1. The fraction of sp³-hybridized carbons (Fsp3) is 0.0833. The van der Waals surface area contributed by atoms with Gasteiger partial charge in [0.15, 0.2) is 11.1 Å². The van der Waals surface area contributed by atoms with Gasteiger partial charge in [-0.2, -0.15) is 0 Å². The minimum absolute atomic E-state index is 0.146. The number of pyridine rings is 1. The van der Waals surface area contributed by atoms with Crippen molar-refractivity contribution in [1.82, 2.24) is 24.9 Å². The highest BCUT2D eigenvalue weighted by atomic mass is 16.1. The number of H-pyrrole nitrogens is 1. The standard InChI is InChI=1S/C12H10N6O/c13-10-5-8(19)3-7(17-10)4-11-16-6-9-12(18-11)15-2-1-14-9/h1-3,5-6H,4H2,(H3,13,17,19). The maximum absolute atomic E-state index is 11.4. The van der Waals surface area contributed by atoms with E-state index in [2.05, 4.69) is 24.9 Å². The molecular weight excluding hydrogens is 244 g/mol. The van der Waals surface area contributed by atoms with Crippen molar-refractivity contribution in [1.29, 1.82) is 0 Å². The lowest BCUT2D eigenvalue weighted by Gasteiger charge is -2.02. The molecule has 0 spiro atoms. The first-order chi connectivity index (χ1) is 9.20. The van der Waals surface area contributed by atoms with Gasteiger partial charge in [-0.3, -0.25) is 4.79 Å². The van der Waals surface area contributed by atoms with Gasteiger partial charge in [0, 0.05) is 36.6 Å². The molecule has 0 atom stereocenters. The summed E-state index contributed by atoms with van der Waals surface area (Å²) in [4.78, 5) is 30.9. The van der Waals surface area contributed by atoms with Crippen molar-refractivity contribution in [2.45, 2.75) is 6.42 Å². The smallest absolute Gasteiger partial charge is 0.183 e. The number of hydrogen-bond acceptors (Lipinski definition) is 6. The van der Waals surface area contributed by atoms with Crippen LogP contribution in [0.25, 0.3) is 11.2 Å². The molecule has 0 amide bonds. The van der Waals surface area contributed by atoms with Crippen molar-refractivity contribution in [3.8, 4) is 0 Å². The van der Waals surface area contributed by atoms with Crippen LogP contribution in [0, 0.1) is 0 Å². The van der Waals surface area contributed by atoms with Crippen LogP contribution >= 0.6 is 0 Å². The zero-order valence-corrected chi connectivity index (χ0v) is 9.87. The van der Waals surface area contributed by atoms with Gasteiger partial charge in [-0.15, -0.1) is 0 Å². The average molecular weight is 254 g/mol. The van der Waals surface area contributed by atoms with Crippen LogP contribution in [0.4, 0.5) is 5.82 Å². The van der Waals surface area contributed by atoms with E-state index in [1.54, 1.807) is 18.6 Å². The van der Waals surface area contributed by atoms with Crippen molar-refractivity contribution >= 4 is 17.0 Å². The zero-order valence-electron chi connectivity index (χ0n) is 9.87. The monoisotopic (exact) mass is 254 g/mol. The van der Waals surface area contributed by atoms with Gasteiger partial charge in [-0.1, -0.05) is 0 Å². The number of aromatic nitrogens is 5. The molecule has 94 valence electrons. The number of nitrogens with two attached hydrogens (primary N) is 1. The Morgan fingerprint density at radius 3 is 2.84 bits per heavy atom. The Hall–Kier alpha value is -2.83. The Kier molecular flexibility index (Phi) is 2.64. The van der Waals surface area contributed by atoms with Crippen molar-refractivity contribution < 1.29 is 0 Å². The number of nitrogens with one attached hydrogen (secondary N) is 1. The number of rotatable bonds is 2. The number of anilines is 1. The summed E-state index contributed by atoms with van der Waals surface area (Å²) < 4.78 is 0. The van der Waals surface area contributed by atoms with Gasteiger partial charge >= 0.3 is 0 Å². The fourth-order valence-corrected chi connectivity index (χ4v) is 1.78. The van der Waals surface area contributed by atoms with E-state index >= 15 is 0 Å². The molecule has 0 aliphatic rings. The van der Waals surface area contributed by atoms with E-state index in [0.29, 0.717) is 34.9 Å². The molecule has 3 aromatic rings. The van der Waals surface area contributed by atoms with Gasteiger partial charge < -0.3 is 10.7 Å². The molecule has 7 nitrogen and oxygen atoms in total. The third-order valence-corrected chi connectivity index (χ3v) is 2.54. The highest BCUT2D eigenvalue weighted by molar-refractivity contribution is 5.67. The van der Waals surface area contributed by atoms with E-state index < -0.39 is 0 Å². The number of nitrogens with zero attached hydrogens (tertiary/aromatic N) is 4. The van der Waals surface area contributed by atoms with Crippen LogP contribution in [-0.2, 0) is 6.42 Å². The van der Waals surface area contributed by atoms with Crippen molar-refractivity contribution in [2.24, 2.45) is 0 Å². The van der Waals surface area contributed by atoms with Crippen LogP contribution in [0.15, 0.2) is 35.5 Å². The number of hydrogen-bond donors (Lipinski definition) is 2. The summed E-state index contributed by atoms with van der Waals surface area (Å²) in [5.74, 6) is 0.873. The summed E-state index contributed by atoms with van der Waals surface area (Å²) in [6.07, 6.45) is 5.14. The molecule has 0 saturated heterocycles. The summed E-state index contributed by atoms with van der Waals surface area (Å²) in [6, 6.07) is 2.80. The predicted octanol–water partition coefficient (Wildman–Crippen LogP) is 0.281. The summed E-state index contributed by atoms with van der Waals surface area (Å²) in [5.41, 5.74) is 7.26. The molecule has 0 bridgehead atoms. The van der Waals surface area contributed by atoms with Crippen molar-refractivity contribution in [3.63, 3.8) is 0 Å². The minimum atomic E-state index is -0.146. The lowest BCUT2D eigenvalue weighted by atomic mass is 10.2. The largest absolute Gasteiger partial charge is 0.385 e. The molecule has 0 fully saturated rings. The van der Waals surface area contributed by atoms with E-state index in [4.69, 9.17) is 5.73 Å². The van der Waals surface area contributed by atoms with Crippen molar-refractivity contribution in [2.75, 3.05) is 5.73 Å². The van der Waals surface area contributed by atoms with E-state index in [-0.39, 0.29) is 5.43 Å². The quantitative estimate of drug-likeness (QED) is 0.679. The summed E-state index contributed by atoms with van der Waals surface area (Å²) in [5, 5.41) is 0. The van der Waals surface area contributed by atoms with Crippen LogP contribution in [0.5, 0.6) is 0 Å². The molecule has 0 unspecified atom stereocenters. The second kappa shape index (κ2) is 4.45. The van der Waals surface area contributed by atoms with E-state index in [1.165, 1.54) is 12.1 Å². The first kappa shape index (κ1) is 11.3. The molecule has 3 aromatic heterocycles. The second-order valence-electron chi connectivity index (χ2n) is 4.02. The molecule has 19 heavy (non-hydrogen) atoms. The summed E-state index contributed by atoms with van der Waals surface area (Å²) in [7, 11) is 0. The second-order valence-corrected chi connectivity index (χ2v) is 4.02. The van der Waals surface area contributed by atoms with Crippen molar-refractivity contribution in [3.05, 3.63) is 52.5 Å². The fourth-order valence-electron chi connectivity index (χ4n) is 1.78. The Morgan fingerprint density at radius 1 is 1.16 bits per heavy atom. The molecule has 0 aromatic carbocycles. The SMILES string of the molecule is Nc1cc(=O)cc(Cc2ncc3nccnc3n2)[nH]1. The molecule has 3 heterocycles. The van der Waals surface area contributed by atoms with Gasteiger partial charge in [0.05, 0.1) is 6.20 Å². The molecular formula is C12H10N6O. The molecule has 0 radical (unpaired) electrons. The Balaban J connectivity index is 1.98. The van der Waals surface area contributed by atoms with Gasteiger partial charge in [-0.25, -0.2) is 19.9 Å². The number of aromatic amines is 1. The maximum Gasteiger partial charge on any atom is 0.183 e. The zero-order chi connectivity index (χ0) is 13.2. The van der Waals surface area contributed by atoms with E-state index in [0.717, 1.165) is 0 Å². The highest BCUT2D eigenvalue weighted by Crippen LogP contribution is 2.07. The molecule has 7 heteroatoms. The minimum Gasteiger partial charge on any atom is -0.385 e. The third-order valence-electron chi connectivity index (χ3n) is 2.54. The Bertz CT molecular complexity index is 797. The molecule has 0 aliphatic carbocycles. The van der Waals surface area contributed by atoms with Gasteiger partial charge in [0.2, 0.25) is 0 Å². The topological polar surface area (TPSA) is 110 Å². The van der Waals surface area contributed by atoms with Crippen LogP contribution in [-0.4, -0.2) is 24.9 Å². The van der Waals surface area contributed by atoms with Gasteiger partial charge in [0.1, 0.15) is 17.2 Å². The van der Waals surface area contributed by atoms with E-state index in [9.17, 15) is 4.79 Å². The molecule has 0 aliphatic heterocycles. The summed E-state index contributed by atoms with van der Waals surface area (Å²) >= 11 is 0. The van der Waals surface area contributed by atoms with Crippen LogP contribution in [0.1, 0.15) is 11.5 Å². The predicted molar refractivity (Wildman–Crippen MR) is 69.4 cm³/mol. The van der Waals surface area contributed by atoms with Crippen LogP contribution in [0.2, 0.25) is 0 Å². The number of nitrogen functional groups attached to an aromatic ring is 1. The van der Waals surface area contributed by atoms with Crippen LogP contribution < -0.4 is 11.2 Å². The lowest BCUT2D eigenvalue weighted by molar-refractivity contribution is 0.943. The Labute approximate surface area is 107 Å². The average Bonchev–Trinajstić information content (AvgIpc) is 2.37. The first-order valence-electron chi connectivity index (χ1n) is 5.62. The highest BCUT2D eigenvalue weighted by Gasteiger charge is 2.04. The normalized spacial score (nSPS) is 10.7. The molecule has 3 rings (SSSR count). The maximum atomic E-state index is 11.4.